The topological polar surface area (TPSA) is 25.4 Å². The van der Waals surface area contributed by atoms with E-state index in [4.69, 9.17) is 16.3 Å². The summed E-state index contributed by atoms with van der Waals surface area (Å²) in [6, 6.07) is 8.65. The van der Waals surface area contributed by atoms with Crippen molar-refractivity contribution in [3.63, 3.8) is 0 Å². The molecule has 3 nitrogen and oxygen atoms in total. The number of benzene rings is 1. The van der Waals surface area contributed by atoms with Crippen molar-refractivity contribution in [2.75, 3.05) is 19.6 Å². The Morgan fingerprint density at radius 1 is 1.29 bits per heavy atom. The first-order chi connectivity index (χ1) is 11.7. The van der Waals surface area contributed by atoms with Crippen LogP contribution >= 0.6 is 11.6 Å². The maximum Gasteiger partial charge on any atom is 0.217 e. The molecule has 1 saturated heterocycles. The molecule has 2 aromatic rings. The highest BCUT2D eigenvalue weighted by molar-refractivity contribution is 6.30. The van der Waals surface area contributed by atoms with E-state index in [1.165, 1.54) is 6.07 Å². The predicted octanol–water partition coefficient (Wildman–Crippen LogP) is 4.65. The number of pyridine rings is 1. The first kappa shape index (κ1) is 17.2. The van der Waals surface area contributed by atoms with Gasteiger partial charge < -0.3 is 9.64 Å². The standard InChI is InChI=1S/C19H22ClFN2O/c1-2-23-10-7-14(8-11-23)17-4-3-9-22-19(17)24-13-15-5-6-16(20)12-18(15)21/h3-6,9,12,14H,2,7-8,10-11,13H2,1H3. The van der Waals surface area contributed by atoms with Crippen molar-refractivity contribution in [1.82, 2.24) is 9.88 Å². The van der Waals surface area contributed by atoms with Gasteiger partial charge in [-0.15, -0.1) is 0 Å². The second-order valence-corrected chi connectivity index (χ2v) is 6.57. The molecular weight excluding hydrogens is 327 g/mol. The van der Waals surface area contributed by atoms with Gasteiger partial charge >= 0.3 is 0 Å². The van der Waals surface area contributed by atoms with Crippen molar-refractivity contribution < 1.29 is 9.13 Å². The maximum atomic E-state index is 13.9. The van der Waals surface area contributed by atoms with E-state index in [0.717, 1.165) is 38.0 Å². The Morgan fingerprint density at radius 2 is 2.08 bits per heavy atom. The number of piperidine rings is 1. The molecule has 0 aliphatic carbocycles. The van der Waals surface area contributed by atoms with Crippen LogP contribution in [0.1, 0.15) is 36.8 Å². The van der Waals surface area contributed by atoms with Crippen LogP contribution in [0.2, 0.25) is 5.02 Å². The lowest BCUT2D eigenvalue weighted by molar-refractivity contribution is 0.217. The highest BCUT2D eigenvalue weighted by Crippen LogP contribution is 2.33. The van der Waals surface area contributed by atoms with Gasteiger partial charge in [0.05, 0.1) is 0 Å². The van der Waals surface area contributed by atoms with E-state index in [1.807, 2.05) is 6.07 Å². The number of likely N-dealkylation sites (tertiary alicyclic amines) is 1. The summed E-state index contributed by atoms with van der Waals surface area (Å²) in [6.07, 6.45) is 3.93. The van der Waals surface area contributed by atoms with Gasteiger partial charge in [0.15, 0.2) is 0 Å². The molecule has 5 heteroatoms. The molecule has 24 heavy (non-hydrogen) atoms. The molecule has 0 unspecified atom stereocenters. The summed E-state index contributed by atoms with van der Waals surface area (Å²) in [5.41, 5.74) is 1.61. The van der Waals surface area contributed by atoms with Gasteiger partial charge in [-0.05, 0) is 56.6 Å². The number of aromatic nitrogens is 1. The molecule has 0 radical (unpaired) electrons. The summed E-state index contributed by atoms with van der Waals surface area (Å²) in [4.78, 5) is 6.83. The minimum Gasteiger partial charge on any atom is -0.472 e. The van der Waals surface area contributed by atoms with Crippen LogP contribution in [0.4, 0.5) is 4.39 Å². The van der Waals surface area contributed by atoms with Gasteiger partial charge in [-0.25, -0.2) is 9.37 Å². The van der Waals surface area contributed by atoms with Crippen LogP contribution in [0, 0.1) is 5.82 Å². The van der Waals surface area contributed by atoms with Crippen LogP contribution in [0.25, 0.3) is 0 Å². The van der Waals surface area contributed by atoms with Gasteiger partial charge in [-0.2, -0.15) is 0 Å². The number of rotatable bonds is 5. The van der Waals surface area contributed by atoms with E-state index >= 15 is 0 Å². The summed E-state index contributed by atoms with van der Waals surface area (Å²) < 4.78 is 19.7. The van der Waals surface area contributed by atoms with Gasteiger partial charge in [0, 0.05) is 22.3 Å². The van der Waals surface area contributed by atoms with Gasteiger partial charge in [-0.3, -0.25) is 0 Å². The van der Waals surface area contributed by atoms with Gasteiger partial charge in [-0.1, -0.05) is 30.7 Å². The molecule has 1 aliphatic heterocycles. The minimum atomic E-state index is -0.351. The van der Waals surface area contributed by atoms with Crippen LogP contribution < -0.4 is 4.74 Å². The van der Waals surface area contributed by atoms with Crippen LogP contribution in [0.3, 0.4) is 0 Å². The Hall–Kier alpha value is -1.65. The Balaban J connectivity index is 1.70. The lowest BCUT2D eigenvalue weighted by atomic mass is 9.90. The van der Waals surface area contributed by atoms with Crippen molar-refractivity contribution >= 4 is 11.6 Å². The third kappa shape index (κ3) is 4.05. The number of nitrogens with zero attached hydrogens (tertiary/aromatic N) is 2. The largest absolute Gasteiger partial charge is 0.472 e. The zero-order chi connectivity index (χ0) is 16.9. The molecule has 0 spiro atoms. The molecule has 1 aliphatic rings. The smallest absolute Gasteiger partial charge is 0.217 e. The Kier molecular flexibility index (Phi) is 5.69. The van der Waals surface area contributed by atoms with Crippen LogP contribution in [0.15, 0.2) is 36.5 Å². The highest BCUT2D eigenvalue weighted by Gasteiger charge is 2.23. The Bertz CT molecular complexity index is 687. The lowest BCUT2D eigenvalue weighted by Gasteiger charge is -2.31. The summed E-state index contributed by atoms with van der Waals surface area (Å²) in [7, 11) is 0. The van der Waals surface area contributed by atoms with E-state index in [0.29, 0.717) is 22.4 Å². The van der Waals surface area contributed by atoms with Crippen molar-refractivity contribution in [3.8, 4) is 5.88 Å². The Morgan fingerprint density at radius 3 is 2.79 bits per heavy atom. The highest BCUT2D eigenvalue weighted by atomic mass is 35.5. The first-order valence-electron chi connectivity index (χ1n) is 8.41. The zero-order valence-electron chi connectivity index (χ0n) is 13.8. The summed E-state index contributed by atoms with van der Waals surface area (Å²) >= 11 is 5.79. The van der Waals surface area contributed by atoms with Crippen LogP contribution in [0.5, 0.6) is 5.88 Å². The minimum absolute atomic E-state index is 0.154. The van der Waals surface area contributed by atoms with Crippen molar-refractivity contribution in [2.24, 2.45) is 0 Å². The van der Waals surface area contributed by atoms with E-state index in [9.17, 15) is 4.39 Å². The molecule has 128 valence electrons. The Labute approximate surface area is 147 Å². The quantitative estimate of drug-likeness (QED) is 0.786. The normalized spacial score (nSPS) is 16.3. The molecule has 3 rings (SSSR count). The molecule has 2 heterocycles. The molecule has 0 N–H and O–H groups in total. The molecule has 0 bridgehead atoms. The van der Waals surface area contributed by atoms with Crippen molar-refractivity contribution in [1.29, 1.82) is 0 Å². The monoisotopic (exact) mass is 348 g/mol. The number of hydrogen-bond acceptors (Lipinski definition) is 3. The average Bonchev–Trinajstić information content (AvgIpc) is 2.61. The average molecular weight is 349 g/mol. The second-order valence-electron chi connectivity index (χ2n) is 6.13. The fraction of sp³-hybridized carbons (Fsp3) is 0.421. The van der Waals surface area contributed by atoms with E-state index in [2.05, 4.69) is 22.9 Å². The van der Waals surface area contributed by atoms with Crippen molar-refractivity contribution in [3.05, 3.63) is 58.5 Å². The molecule has 1 fully saturated rings. The molecule has 0 saturated carbocycles. The SMILES string of the molecule is CCN1CCC(c2cccnc2OCc2ccc(Cl)cc2F)CC1. The maximum absolute atomic E-state index is 13.9. The fourth-order valence-electron chi connectivity index (χ4n) is 3.18. The molecule has 0 amide bonds. The molecule has 1 aromatic heterocycles. The summed E-state index contributed by atoms with van der Waals surface area (Å²) in [5.74, 6) is 0.713. The second kappa shape index (κ2) is 7.95. The summed E-state index contributed by atoms with van der Waals surface area (Å²) in [5, 5.41) is 0.387. The number of ether oxygens (including phenoxy) is 1. The van der Waals surface area contributed by atoms with Crippen LogP contribution in [-0.2, 0) is 6.61 Å². The van der Waals surface area contributed by atoms with Gasteiger partial charge in [0.25, 0.3) is 0 Å². The molecule has 1 aromatic carbocycles. The van der Waals surface area contributed by atoms with E-state index < -0.39 is 0 Å². The fourth-order valence-corrected chi connectivity index (χ4v) is 3.34. The molecule has 0 atom stereocenters. The lowest BCUT2D eigenvalue weighted by Crippen LogP contribution is -2.32. The van der Waals surface area contributed by atoms with E-state index in [1.54, 1.807) is 18.3 Å². The van der Waals surface area contributed by atoms with E-state index in [-0.39, 0.29) is 12.4 Å². The van der Waals surface area contributed by atoms with Gasteiger partial charge in [0.1, 0.15) is 12.4 Å². The third-order valence-electron chi connectivity index (χ3n) is 4.65. The van der Waals surface area contributed by atoms with Crippen LogP contribution in [-0.4, -0.2) is 29.5 Å². The summed E-state index contributed by atoms with van der Waals surface area (Å²) in [6.45, 7) is 5.64. The number of halogens is 2. The van der Waals surface area contributed by atoms with Gasteiger partial charge in [0.2, 0.25) is 5.88 Å². The predicted molar refractivity (Wildman–Crippen MR) is 94.1 cm³/mol. The van der Waals surface area contributed by atoms with Crippen molar-refractivity contribution in [2.45, 2.75) is 32.3 Å². The third-order valence-corrected chi connectivity index (χ3v) is 4.89. The molecular formula is C19H22ClFN2O. The number of hydrogen-bond donors (Lipinski definition) is 0. The zero-order valence-corrected chi connectivity index (χ0v) is 14.6. The first-order valence-corrected chi connectivity index (χ1v) is 8.79.